The molecule has 0 atom stereocenters. The van der Waals surface area contributed by atoms with Crippen molar-refractivity contribution in [3.05, 3.63) is 64.2 Å². The minimum absolute atomic E-state index is 0.000633. The van der Waals surface area contributed by atoms with Crippen LogP contribution in [0.5, 0.6) is 5.75 Å². The maximum absolute atomic E-state index is 12.9. The number of aryl methyl sites for hydroxylation is 2. The zero-order chi connectivity index (χ0) is 24.0. The molecule has 2 aromatic rings. The Bertz CT molecular complexity index is 1170. The standard InChI is InChI=1S/C27H28N2O5/c1-17-14-18(2)24-21(30)16-27(34-22(24)15-17)9-12-28(13-10-27)23(31)8-5-11-29-25(32)19-6-3-4-7-20(19)26(29)33/h3-4,6-7,14-15H,5,8-13,16H2,1-2H3. The summed E-state index contributed by atoms with van der Waals surface area (Å²) in [6, 6.07) is 10.7. The molecule has 0 unspecified atom stereocenters. The summed E-state index contributed by atoms with van der Waals surface area (Å²) >= 11 is 0. The molecule has 0 bridgehead atoms. The molecule has 0 N–H and O–H groups in total. The summed E-state index contributed by atoms with van der Waals surface area (Å²) in [5.41, 5.74) is 2.99. The van der Waals surface area contributed by atoms with E-state index in [0.717, 1.165) is 11.1 Å². The van der Waals surface area contributed by atoms with Crippen LogP contribution in [0.1, 0.15) is 74.3 Å². The summed E-state index contributed by atoms with van der Waals surface area (Å²) in [6.45, 7) is 5.21. The van der Waals surface area contributed by atoms with Crippen LogP contribution in [0.2, 0.25) is 0 Å². The Balaban J connectivity index is 1.15. The number of ketones is 1. The van der Waals surface area contributed by atoms with Crippen molar-refractivity contribution in [2.75, 3.05) is 19.6 Å². The smallest absolute Gasteiger partial charge is 0.261 e. The fourth-order valence-electron chi connectivity index (χ4n) is 5.45. The van der Waals surface area contributed by atoms with E-state index in [0.29, 0.717) is 61.2 Å². The highest BCUT2D eigenvalue weighted by atomic mass is 16.5. The zero-order valence-corrected chi connectivity index (χ0v) is 19.6. The van der Waals surface area contributed by atoms with Crippen molar-refractivity contribution in [2.45, 2.75) is 51.6 Å². The number of carbonyl (C=O) groups is 4. The minimum atomic E-state index is -0.554. The van der Waals surface area contributed by atoms with Crippen LogP contribution in [-0.2, 0) is 4.79 Å². The number of nitrogens with zero attached hydrogens (tertiary/aromatic N) is 2. The van der Waals surface area contributed by atoms with Gasteiger partial charge in [-0.2, -0.15) is 0 Å². The fraction of sp³-hybridized carbons (Fsp3) is 0.407. The van der Waals surface area contributed by atoms with Crippen LogP contribution in [0.4, 0.5) is 0 Å². The number of hydrogen-bond acceptors (Lipinski definition) is 5. The molecular weight excluding hydrogens is 432 g/mol. The first-order chi connectivity index (χ1) is 16.3. The number of imide groups is 1. The van der Waals surface area contributed by atoms with E-state index in [1.165, 1.54) is 4.90 Å². The van der Waals surface area contributed by atoms with E-state index >= 15 is 0 Å². The monoisotopic (exact) mass is 460 g/mol. The first kappa shape index (κ1) is 22.3. The van der Waals surface area contributed by atoms with Crippen molar-refractivity contribution >= 4 is 23.5 Å². The quantitative estimate of drug-likeness (QED) is 0.650. The van der Waals surface area contributed by atoms with Gasteiger partial charge in [0.15, 0.2) is 5.78 Å². The topological polar surface area (TPSA) is 84.0 Å². The minimum Gasteiger partial charge on any atom is -0.486 e. The van der Waals surface area contributed by atoms with Gasteiger partial charge in [-0.25, -0.2) is 0 Å². The Morgan fingerprint density at radius 3 is 2.29 bits per heavy atom. The summed E-state index contributed by atoms with van der Waals surface area (Å²) in [5.74, 6) is 0.185. The second-order valence-corrected chi connectivity index (χ2v) is 9.63. The van der Waals surface area contributed by atoms with Gasteiger partial charge in [-0.05, 0) is 49.6 Å². The lowest BCUT2D eigenvalue weighted by Crippen LogP contribution is -2.52. The Morgan fingerprint density at radius 2 is 1.65 bits per heavy atom. The van der Waals surface area contributed by atoms with E-state index in [-0.39, 0.29) is 36.5 Å². The lowest BCUT2D eigenvalue weighted by atomic mass is 9.81. The van der Waals surface area contributed by atoms with Gasteiger partial charge >= 0.3 is 0 Å². The summed E-state index contributed by atoms with van der Waals surface area (Å²) < 4.78 is 6.38. The van der Waals surface area contributed by atoms with Gasteiger partial charge in [0.1, 0.15) is 11.4 Å². The number of carbonyl (C=O) groups excluding carboxylic acids is 4. The van der Waals surface area contributed by atoms with Gasteiger partial charge in [0.05, 0.1) is 23.1 Å². The number of benzene rings is 2. The number of piperidine rings is 1. The number of likely N-dealkylation sites (tertiary alicyclic amines) is 1. The molecule has 0 saturated carbocycles. The lowest BCUT2D eigenvalue weighted by Gasteiger charge is -2.44. The number of fused-ring (bicyclic) bond motifs is 2. The number of Topliss-reactive ketones (excluding diaryl/α,β-unsaturated/α-hetero) is 1. The largest absolute Gasteiger partial charge is 0.486 e. The zero-order valence-electron chi connectivity index (χ0n) is 19.6. The molecule has 1 fully saturated rings. The molecule has 34 heavy (non-hydrogen) atoms. The Morgan fingerprint density at radius 1 is 1.00 bits per heavy atom. The Kier molecular flexibility index (Phi) is 5.50. The molecule has 3 aliphatic heterocycles. The molecule has 3 amide bonds. The number of rotatable bonds is 4. The third kappa shape index (κ3) is 3.79. The van der Waals surface area contributed by atoms with E-state index < -0.39 is 5.60 Å². The van der Waals surface area contributed by atoms with Gasteiger partial charge in [0, 0.05) is 38.9 Å². The lowest BCUT2D eigenvalue weighted by molar-refractivity contribution is -0.134. The highest BCUT2D eigenvalue weighted by Crippen LogP contribution is 2.41. The number of amides is 3. The van der Waals surface area contributed by atoms with E-state index in [1.807, 2.05) is 26.0 Å². The Labute approximate surface area is 198 Å². The molecule has 176 valence electrons. The third-order valence-corrected chi connectivity index (χ3v) is 7.21. The highest BCUT2D eigenvalue weighted by molar-refractivity contribution is 6.21. The Hall–Kier alpha value is -3.48. The van der Waals surface area contributed by atoms with Crippen molar-refractivity contribution in [3.8, 4) is 5.75 Å². The summed E-state index contributed by atoms with van der Waals surface area (Å²) in [4.78, 5) is 53.7. The van der Waals surface area contributed by atoms with Gasteiger partial charge in [-0.3, -0.25) is 24.1 Å². The molecule has 7 nitrogen and oxygen atoms in total. The SMILES string of the molecule is Cc1cc(C)c2c(c1)OC1(CCN(C(=O)CCCN3C(=O)c4ccccc4C3=O)CC1)CC2=O. The van der Waals surface area contributed by atoms with Crippen molar-refractivity contribution in [3.63, 3.8) is 0 Å². The molecule has 2 aromatic carbocycles. The van der Waals surface area contributed by atoms with Crippen LogP contribution in [0.3, 0.4) is 0 Å². The highest BCUT2D eigenvalue weighted by Gasteiger charge is 2.44. The maximum atomic E-state index is 12.9. The van der Waals surface area contributed by atoms with Crippen LogP contribution in [0.25, 0.3) is 0 Å². The second-order valence-electron chi connectivity index (χ2n) is 9.63. The van der Waals surface area contributed by atoms with Gasteiger partial charge in [0.2, 0.25) is 5.91 Å². The van der Waals surface area contributed by atoms with Crippen molar-refractivity contribution in [1.82, 2.24) is 9.80 Å². The molecule has 5 rings (SSSR count). The maximum Gasteiger partial charge on any atom is 0.261 e. The van der Waals surface area contributed by atoms with Crippen molar-refractivity contribution in [2.24, 2.45) is 0 Å². The predicted octanol–water partition coefficient (Wildman–Crippen LogP) is 3.71. The molecule has 0 aliphatic carbocycles. The van der Waals surface area contributed by atoms with E-state index in [2.05, 4.69) is 0 Å². The average Bonchev–Trinajstić information content (AvgIpc) is 3.03. The van der Waals surface area contributed by atoms with Gasteiger partial charge in [-0.15, -0.1) is 0 Å². The van der Waals surface area contributed by atoms with Crippen LogP contribution in [-0.4, -0.2) is 58.5 Å². The van der Waals surface area contributed by atoms with Crippen LogP contribution < -0.4 is 4.74 Å². The van der Waals surface area contributed by atoms with Gasteiger partial charge in [-0.1, -0.05) is 18.2 Å². The summed E-state index contributed by atoms with van der Waals surface area (Å²) in [5, 5.41) is 0. The molecule has 7 heteroatoms. The van der Waals surface area contributed by atoms with Crippen LogP contribution in [0, 0.1) is 13.8 Å². The normalized spacial score (nSPS) is 18.7. The molecular formula is C27H28N2O5. The van der Waals surface area contributed by atoms with E-state index in [4.69, 9.17) is 4.74 Å². The van der Waals surface area contributed by atoms with E-state index in [1.54, 1.807) is 29.2 Å². The summed E-state index contributed by atoms with van der Waals surface area (Å²) in [6.07, 6.45) is 2.24. The molecule has 0 radical (unpaired) electrons. The van der Waals surface area contributed by atoms with Crippen molar-refractivity contribution in [1.29, 1.82) is 0 Å². The van der Waals surface area contributed by atoms with Gasteiger partial charge in [0.25, 0.3) is 11.8 Å². The molecule has 1 spiro atoms. The first-order valence-electron chi connectivity index (χ1n) is 11.8. The van der Waals surface area contributed by atoms with Crippen LogP contribution >= 0.6 is 0 Å². The van der Waals surface area contributed by atoms with Crippen LogP contribution in [0.15, 0.2) is 36.4 Å². The van der Waals surface area contributed by atoms with Crippen molar-refractivity contribution < 1.29 is 23.9 Å². The summed E-state index contributed by atoms with van der Waals surface area (Å²) in [7, 11) is 0. The predicted molar refractivity (Wildman–Crippen MR) is 125 cm³/mol. The third-order valence-electron chi connectivity index (χ3n) is 7.21. The molecule has 1 saturated heterocycles. The molecule has 3 heterocycles. The average molecular weight is 461 g/mol. The first-order valence-corrected chi connectivity index (χ1v) is 11.8. The molecule has 0 aromatic heterocycles. The number of ether oxygens (including phenoxy) is 1. The number of hydrogen-bond donors (Lipinski definition) is 0. The molecule has 3 aliphatic rings. The van der Waals surface area contributed by atoms with Gasteiger partial charge < -0.3 is 9.64 Å². The fourth-order valence-corrected chi connectivity index (χ4v) is 5.45. The van der Waals surface area contributed by atoms with E-state index in [9.17, 15) is 19.2 Å². The second kappa shape index (κ2) is 8.38.